The average Bonchev–Trinajstić information content (AvgIpc) is 3.25. The third kappa shape index (κ3) is 5.55. The van der Waals surface area contributed by atoms with E-state index in [1.807, 2.05) is 31.2 Å². The van der Waals surface area contributed by atoms with Gasteiger partial charge in [0.05, 0.1) is 6.61 Å². The molecule has 0 radical (unpaired) electrons. The number of nitrogens with one attached hydrogen (secondary N) is 3. The van der Waals surface area contributed by atoms with E-state index in [1.54, 1.807) is 54.6 Å². The quantitative estimate of drug-likeness (QED) is 0.343. The molecule has 0 aliphatic heterocycles. The molecule has 1 aromatic heterocycles. The number of rotatable bonds is 6. The number of anilines is 2. The summed E-state index contributed by atoms with van der Waals surface area (Å²) in [4.78, 5) is 24.8. The number of benzene rings is 3. The van der Waals surface area contributed by atoms with Gasteiger partial charge in [-0.05, 0) is 79.8 Å². The van der Waals surface area contributed by atoms with Crippen LogP contribution >= 0.6 is 12.2 Å². The molecule has 0 atom stereocenters. The molecule has 0 unspecified atom stereocenters. The average molecular weight is 460 g/mol. The first-order valence-electron chi connectivity index (χ1n) is 10.3. The molecule has 2 amide bonds. The second kappa shape index (κ2) is 9.97. The Hall–Kier alpha value is -4.17. The van der Waals surface area contributed by atoms with Gasteiger partial charge in [0.2, 0.25) is 0 Å². The van der Waals surface area contributed by atoms with Crippen molar-refractivity contribution in [2.45, 2.75) is 6.92 Å². The van der Waals surface area contributed by atoms with Gasteiger partial charge >= 0.3 is 0 Å². The van der Waals surface area contributed by atoms with Crippen molar-refractivity contribution in [2.75, 3.05) is 17.2 Å². The number of furan rings is 1. The van der Waals surface area contributed by atoms with Gasteiger partial charge in [-0.2, -0.15) is 0 Å². The number of carbonyl (C=O) groups excluding carboxylic acids is 2. The molecule has 166 valence electrons. The van der Waals surface area contributed by atoms with E-state index < -0.39 is 0 Å². The van der Waals surface area contributed by atoms with E-state index in [1.165, 1.54) is 0 Å². The van der Waals surface area contributed by atoms with Crippen LogP contribution in [0.15, 0.2) is 83.3 Å². The maximum Gasteiger partial charge on any atom is 0.291 e. The monoisotopic (exact) mass is 459 g/mol. The molecular formula is C25H21N3O4S. The molecule has 0 spiro atoms. The largest absolute Gasteiger partial charge is 0.494 e. The summed E-state index contributed by atoms with van der Waals surface area (Å²) in [6.07, 6.45) is 0. The van der Waals surface area contributed by atoms with Gasteiger partial charge in [-0.15, -0.1) is 0 Å². The van der Waals surface area contributed by atoms with Crippen LogP contribution < -0.4 is 20.7 Å². The van der Waals surface area contributed by atoms with Gasteiger partial charge in [0.25, 0.3) is 11.8 Å². The van der Waals surface area contributed by atoms with Crippen molar-refractivity contribution in [3.05, 3.63) is 90.2 Å². The fraction of sp³-hybridized carbons (Fsp3) is 0.0800. The second-order valence-corrected chi connectivity index (χ2v) is 7.45. The van der Waals surface area contributed by atoms with Gasteiger partial charge in [0.15, 0.2) is 10.9 Å². The molecule has 4 aromatic rings. The van der Waals surface area contributed by atoms with Crippen LogP contribution in [-0.2, 0) is 0 Å². The Morgan fingerprint density at radius 2 is 1.55 bits per heavy atom. The number of para-hydroxylation sites is 1. The Morgan fingerprint density at radius 1 is 0.879 bits per heavy atom. The van der Waals surface area contributed by atoms with Crippen molar-refractivity contribution in [3.8, 4) is 5.75 Å². The van der Waals surface area contributed by atoms with Crippen molar-refractivity contribution in [2.24, 2.45) is 0 Å². The third-order valence-corrected chi connectivity index (χ3v) is 4.91. The first kappa shape index (κ1) is 22.0. The van der Waals surface area contributed by atoms with Gasteiger partial charge in [-0.3, -0.25) is 14.9 Å². The topological polar surface area (TPSA) is 92.6 Å². The lowest BCUT2D eigenvalue weighted by Crippen LogP contribution is -2.34. The summed E-state index contributed by atoms with van der Waals surface area (Å²) in [7, 11) is 0. The molecule has 0 saturated heterocycles. The normalized spacial score (nSPS) is 10.5. The summed E-state index contributed by atoms with van der Waals surface area (Å²) < 4.78 is 11.0. The lowest BCUT2D eigenvalue weighted by atomic mass is 10.2. The first-order valence-corrected chi connectivity index (χ1v) is 10.7. The van der Waals surface area contributed by atoms with Gasteiger partial charge in [0.1, 0.15) is 11.3 Å². The second-order valence-electron chi connectivity index (χ2n) is 7.05. The van der Waals surface area contributed by atoms with Crippen LogP contribution in [-0.4, -0.2) is 23.5 Å². The maximum atomic E-state index is 12.5. The molecule has 0 bridgehead atoms. The zero-order chi connectivity index (χ0) is 23.2. The first-order chi connectivity index (χ1) is 16.0. The van der Waals surface area contributed by atoms with Crippen molar-refractivity contribution < 1.29 is 18.7 Å². The third-order valence-electron chi connectivity index (χ3n) is 4.70. The number of amides is 2. The fourth-order valence-electron chi connectivity index (χ4n) is 3.13. The van der Waals surface area contributed by atoms with Crippen LogP contribution in [0, 0.1) is 0 Å². The minimum atomic E-state index is -0.343. The highest BCUT2D eigenvalue weighted by Gasteiger charge is 2.13. The van der Waals surface area contributed by atoms with Crippen molar-refractivity contribution in [1.29, 1.82) is 0 Å². The predicted molar refractivity (Wildman–Crippen MR) is 132 cm³/mol. The zero-order valence-corrected chi connectivity index (χ0v) is 18.6. The van der Waals surface area contributed by atoms with Crippen molar-refractivity contribution >= 4 is 51.5 Å². The summed E-state index contributed by atoms with van der Waals surface area (Å²) in [6.45, 7) is 2.45. The number of ether oxygens (including phenoxy) is 1. The summed E-state index contributed by atoms with van der Waals surface area (Å²) in [5.41, 5.74) is 2.37. The lowest BCUT2D eigenvalue weighted by molar-refractivity contribution is 0.0975. The smallest absolute Gasteiger partial charge is 0.291 e. The molecule has 4 rings (SSSR count). The molecule has 0 aliphatic carbocycles. The standard InChI is InChI=1S/C25H21N3O4S/c1-2-31-20-13-7-16(8-14-20)23(29)28-25(33)27-19-11-9-18(10-12-19)26-24(30)22-15-17-5-3-4-6-21(17)32-22/h3-15H,2H2,1H3,(H,26,30)(H2,27,28,29,33). The van der Waals surface area contributed by atoms with E-state index >= 15 is 0 Å². The molecule has 33 heavy (non-hydrogen) atoms. The summed E-state index contributed by atoms with van der Waals surface area (Å²) >= 11 is 5.23. The lowest BCUT2D eigenvalue weighted by Gasteiger charge is -2.11. The Kier molecular flexibility index (Phi) is 6.66. The molecule has 0 fully saturated rings. The van der Waals surface area contributed by atoms with Crippen LogP contribution in [0.3, 0.4) is 0 Å². The maximum absolute atomic E-state index is 12.5. The summed E-state index contributed by atoms with van der Waals surface area (Å²) in [5.74, 6) is 0.258. The molecule has 0 aliphatic rings. The van der Waals surface area contributed by atoms with Gasteiger partial charge < -0.3 is 19.8 Å². The molecule has 3 aromatic carbocycles. The van der Waals surface area contributed by atoms with Crippen LogP contribution in [0.1, 0.15) is 27.8 Å². The molecule has 1 heterocycles. The van der Waals surface area contributed by atoms with Crippen LogP contribution in [0.4, 0.5) is 11.4 Å². The molecule has 3 N–H and O–H groups in total. The Labute approximate surface area is 195 Å². The van der Waals surface area contributed by atoms with E-state index in [-0.39, 0.29) is 22.7 Å². The van der Waals surface area contributed by atoms with Crippen molar-refractivity contribution in [3.63, 3.8) is 0 Å². The molecular weight excluding hydrogens is 438 g/mol. The summed E-state index contributed by atoms with van der Waals surface area (Å²) in [5, 5.41) is 9.40. The number of fused-ring (bicyclic) bond motifs is 1. The fourth-order valence-corrected chi connectivity index (χ4v) is 3.34. The number of carbonyl (C=O) groups is 2. The Morgan fingerprint density at radius 3 is 2.21 bits per heavy atom. The van der Waals surface area contributed by atoms with Gasteiger partial charge in [-0.25, -0.2) is 0 Å². The predicted octanol–water partition coefficient (Wildman–Crippen LogP) is 5.21. The highest BCUT2D eigenvalue weighted by molar-refractivity contribution is 7.80. The molecule has 7 nitrogen and oxygen atoms in total. The van der Waals surface area contributed by atoms with Crippen LogP contribution in [0.5, 0.6) is 5.75 Å². The van der Waals surface area contributed by atoms with E-state index in [0.29, 0.717) is 34.9 Å². The Balaban J connectivity index is 1.31. The van der Waals surface area contributed by atoms with E-state index in [4.69, 9.17) is 21.4 Å². The van der Waals surface area contributed by atoms with Gasteiger partial charge in [0, 0.05) is 22.3 Å². The van der Waals surface area contributed by atoms with Gasteiger partial charge in [-0.1, -0.05) is 18.2 Å². The van der Waals surface area contributed by atoms with E-state index in [0.717, 1.165) is 5.39 Å². The highest BCUT2D eigenvalue weighted by atomic mass is 32.1. The van der Waals surface area contributed by atoms with E-state index in [2.05, 4.69) is 16.0 Å². The molecule has 0 saturated carbocycles. The van der Waals surface area contributed by atoms with E-state index in [9.17, 15) is 9.59 Å². The minimum absolute atomic E-state index is 0.160. The zero-order valence-electron chi connectivity index (χ0n) is 17.8. The highest BCUT2D eigenvalue weighted by Crippen LogP contribution is 2.20. The van der Waals surface area contributed by atoms with Crippen LogP contribution in [0.2, 0.25) is 0 Å². The van der Waals surface area contributed by atoms with Crippen molar-refractivity contribution in [1.82, 2.24) is 5.32 Å². The minimum Gasteiger partial charge on any atom is -0.494 e. The SMILES string of the molecule is CCOc1ccc(C(=O)NC(=S)Nc2ccc(NC(=O)c3cc4ccccc4o3)cc2)cc1. The number of hydrogen-bond acceptors (Lipinski definition) is 5. The molecule has 8 heteroatoms. The number of thiocarbonyl (C=S) groups is 1. The Bertz CT molecular complexity index is 1260. The van der Waals surface area contributed by atoms with Crippen LogP contribution in [0.25, 0.3) is 11.0 Å². The number of hydrogen-bond donors (Lipinski definition) is 3. The summed E-state index contributed by atoms with van der Waals surface area (Å²) in [6, 6.07) is 22.8.